The van der Waals surface area contributed by atoms with Gasteiger partial charge in [-0.3, -0.25) is 4.79 Å². The summed E-state index contributed by atoms with van der Waals surface area (Å²) in [4.78, 5) is 27.3. The number of aliphatic hydroxyl groups excluding tert-OH is 1. The third-order valence-corrected chi connectivity index (χ3v) is 5.69. The summed E-state index contributed by atoms with van der Waals surface area (Å²) in [5.74, 6) is -0.975. The standard InChI is InChI=1S/C19H22F4N2O4/c20-14-4-2-1-3-13(14)16(27)25-10-7-18(12-25)5-8-24(9-6-18)17(28)29-15(11-26)19(21,22)23/h1-4,15,26H,5-12H2. The molecule has 3 rings (SSSR count). The predicted octanol–water partition coefficient (Wildman–Crippen LogP) is 2.81. The summed E-state index contributed by atoms with van der Waals surface area (Å²) >= 11 is 0. The summed E-state index contributed by atoms with van der Waals surface area (Å²) in [7, 11) is 0. The number of rotatable bonds is 3. The number of piperidine rings is 1. The molecular weight excluding hydrogens is 396 g/mol. The lowest BCUT2D eigenvalue weighted by molar-refractivity contribution is -0.215. The van der Waals surface area contributed by atoms with E-state index in [0.29, 0.717) is 32.4 Å². The van der Waals surface area contributed by atoms with E-state index in [0.717, 1.165) is 0 Å². The Bertz CT molecular complexity index is 763. The number of ether oxygens (including phenoxy) is 1. The van der Waals surface area contributed by atoms with Gasteiger partial charge in [0.1, 0.15) is 5.82 Å². The van der Waals surface area contributed by atoms with Crippen molar-refractivity contribution in [2.24, 2.45) is 5.41 Å². The number of carbonyl (C=O) groups is 2. The van der Waals surface area contributed by atoms with Gasteiger partial charge in [-0.2, -0.15) is 13.2 Å². The van der Waals surface area contributed by atoms with Crippen LogP contribution in [0.5, 0.6) is 0 Å². The molecule has 0 bridgehead atoms. The van der Waals surface area contributed by atoms with E-state index >= 15 is 0 Å². The number of hydrogen-bond donors (Lipinski definition) is 1. The molecule has 0 radical (unpaired) electrons. The Labute approximate surface area is 165 Å². The van der Waals surface area contributed by atoms with Crippen LogP contribution in [0.25, 0.3) is 0 Å². The molecule has 10 heteroatoms. The Morgan fingerprint density at radius 3 is 2.24 bits per heavy atom. The van der Waals surface area contributed by atoms with Crippen LogP contribution in [0, 0.1) is 11.2 Å². The number of hydrogen-bond acceptors (Lipinski definition) is 4. The van der Waals surface area contributed by atoms with Gasteiger partial charge in [-0.05, 0) is 36.8 Å². The molecule has 1 spiro atoms. The lowest BCUT2D eigenvalue weighted by Gasteiger charge is -2.39. The third kappa shape index (κ3) is 4.63. The van der Waals surface area contributed by atoms with E-state index in [1.165, 1.54) is 23.1 Å². The molecule has 2 aliphatic heterocycles. The number of aliphatic hydroxyl groups is 1. The topological polar surface area (TPSA) is 70.1 Å². The van der Waals surface area contributed by atoms with Crippen LogP contribution < -0.4 is 0 Å². The summed E-state index contributed by atoms with van der Waals surface area (Å²) in [6.07, 6.45) is -6.82. The maximum absolute atomic E-state index is 13.9. The van der Waals surface area contributed by atoms with Gasteiger partial charge in [0.2, 0.25) is 6.10 Å². The van der Waals surface area contributed by atoms with Crippen LogP contribution >= 0.6 is 0 Å². The van der Waals surface area contributed by atoms with Crippen molar-refractivity contribution in [2.45, 2.75) is 31.5 Å². The summed E-state index contributed by atoms with van der Waals surface area (Å²) in [6, 6.07) is 5.75. The van der Waals surface area contributed by atoms with E-state index in [4.69, 9.17) is 5.11 Å². The van der Waals surface area contributed by atoms with Gasteiger partial charge in [0.25, 0.3) is 5.91 Å². The van der Waals surface area contributed by atoms with Gasteiger partial charge < -0.3 is 19.6 Å². The van der Waals surface area contributed by atoms with Crippen LogP contribution in [0.1, 0.15) is 29.6 Å². The first kappa shape index (κ1) is 21.4. The minimum absolute atomic E-state index is 0.00718. The van der Waals surface area contributed by atoms with Gasteiger partial charge in [-0.15, -0.1) is 0 Å². The van der Waals surface area contributed by atoms with Crippen LogP contribution in [-0.4, -0.2) is 72.0 Å². The molecule has 1 aromatic carbocycles. The molecule has 160 valence electrons. The monoisotopic (exact) mass is 418 g/mol. The van der Waals surface area contributed by atoms with Gasteiger partial charge in [0.05, 0.1) is 12.2 Å². The Kier molecular flexibility index (Phi) is 6.02. The first-order valence-corrected chi connectivity index (χ1v) is 9.32. The SMILES string of the molecule is O=C(OC(CO)C(F)(F)F)N1CCC2(CC1)CCN(C(=O)c1ccccc1F)C2. The van der Waals surface area contributed by atoms with Gasteiger partial charge in [-0.1, -0.05) is 12.1 Å². The number of nitrogens with zero attached hydrogens (tertiary/aromatic N) is 2. The van der Waals surface area contributed by atoms with Crippen molar-refractivity contribution in [3.05, 3.63) is 35.6 Å². The zero-order valence-corrected chi connectivity index (χ0v) is 15.6. The van der Waals surface area contributed by atoms with Crippen LogP contribution in [0.4, 0.5) is 22.4 Å². The van der Waals surface area contributed by atoms with Crippen molar-refractivity contribution in [3.63, 3.8) is 0 Å². The summed E-state index contributed by atoms with van der Waals surface area (Å²) in [5.41, 5.74) is -0.245. The van der Waals surface area contributed by atoms with Crippen LogP contribution in [-0.2, 0) is 4.74 Å². The number of likely N-dealkylation sites (tertiary alicyclic amines) is 2. The molecule has 2 aliphatic rings. The highest BCUT2D eigenvalue weighted by atomic mass is 19.4. The molecule has 2 fully saturated rings. The van der Waals surface area contributed by atoms with Crippen LogP contribution in [0.2, 0.25) is 0 Å². The maximum Gasteiger partial charge on any atom is 0.427 e. The highest BCUT2D eigenvalue weighted by molar-refractivity contribution is 5.94. The second kappa shape index (κ2) is 8.17. The Morgan fingerprint density at radius 1 is 1.10 bits per heavy atom. The molecule has 1 unspecified atom stereocenters. The smallest absolute Gasteiger partial charge is 0.427 e. The number of amides is 2. The van der Waals surface area contributed by atoms with E-state index in [1.807, 2.05) is 0 Å². The van der Waals surface area contributed by atoms with E-state index in [9.17, 15) is 27.2 Å². The lowest BCUT2D eigenvalue weighted by atomic mass is 9.78. The molecule has 29 heavy (non-hydrogen) atoms. The second-order valence-corrected chi connectivity index (χ2v) is 7.54. The fraction of sp³-hybridized carbons (Fsp3) is 0.579. The second-order valence-electron chi connectivity index (χ2n) is 7.54. The van der Waals surface area contributed by atoms with E-state index in [-0.39, 0.29) is 24.1 Å². The average molecular weight is 418 g/mol. The molecule has 6 nitrogen and oxygen atoms in total. The van der Waals surface area contributed by atoms with Crippen molar-refractivity contribution in [1.29, 1.82) is 0 Å². The molecule has 2 amide bonds. The Hall–Kier alpha value is -2.36. The Morgan fingerprint density at radius 2 is 1.69 bits per heavy atom. The zero-order valence-electron chi connectivity index (χ0n) is 15.6. The van der Waals surface area contributed by atoms with E-state index in [1.54, 1.807) is 11.0 Å². The lowest BCUT2D eigenvalue weighted by Crippen LogP contribution is -2.47. The summed E-state index contributed by atoms with van der Waals surface area (Å²) in [5, 5.41) is 8.79. The molecule has 2 heterocycles. The minimum atomic E-state index is -4.83. The molecule has 0 aliphatic carbocycles. The highest BCUT2D eigenvalue weighted by Crippen LogP contribution is 2.41. The van der Waals surface area contributed by atoms with Crippen molar-refractivity contribution in [1.82, 2.24) is 9.80 Å². The van der Waals surface area contributed by atoms with Crippen molar-refractivity contribution in [2.75, 3.05) is 32.8 Å². The molecule has 2 saturated heterocycles. The highest BCUT2D eigenvalue weighted by Gasteiger charge is 2.46. The molecule has 0 aromatic heterocycles. The van der Waals surface area contributed by atoms with Gasteiger partial charge >= 0.3 is 12.3 Å². The molecule has 1 atom stereocenters. The largest absolute Gasteiger partial charge is 0.434 e. The third-order valence-electron chi connectivity index (χ3n) is 5.69. The van der Waals surface area contributed by atoms with Crippen LogP contribution in [0.3, 0.4) is 0 Å². The first-order chi connectivity index (χ1) is 13.6. The average Bonchev–Trinajstić information content (AvgIpc) is 3.09. The minimum Gasteiger partial charge on any atom is -0.434 e. The van der Waals surface area contributed by atoms with Crippen molar-refractivity contribution in [3.8, 4) is 0 Å². The van der Waals surface area contributed by atoms with Gasteiger partial charge in [0, 0.05) is 26.2 Å². The van der Waals surface area contributed by atoms with E-state index < -0.39 is 36.7 Å². The maximum atomic E-state index is 13.9. The van der Waals surface area contributed by atoms with Crippen molar-refractivity contribution < 1.29 is 37.0 Å². The number of carbonyl (C=O) groups excluding carboxylic acids is 2. The molecule has 1 N–H and O–H groups in total. The predicted molar refractivity (Wildman–Crippen MR) is 93.6 cm³/mol. The summed E-state index contributed by atoms with van der Waals surface area (Å²) < 4.78 is 56.2. The molecular formula is C19H22F4N2O4. The summed E-state index contributed by atoms with van der Waals surface area (Å²) in [6.45, 7) is -0.0869. The van der Waals surface area contributed by atoms with Gasteiger partial charge in [-0.25, -0.2) is 9.18 Å². The first-order valence-electron chi connectivity index (χ1n) is 9.32. The Balaban J connectivity index is 1.56. The fourth-order valence-electron chi connectivity index (χ4n) is 3.89. The van der Waals surface area contributed by atoms with Crippen molar-refractivity contribution >= 4 is 12.0 Å². The molecule has 1 aromatic rings. The van der Waals surface area contributed by atoms with Gasteiger partial charge in [0.15, 0.2) is 0 Å². The zero-order chi connectivity index (χ0) is 21.2. The quantitative estimate of drug-likeness (QED) is 0.767. The normalized spacial score (nSPS) is 20.0. The fourth-order valence-corrected chi connectivity index (χ4v) is 3.89. The van der Waals surface area contributed by atoms with Crippen LogP contribution in [0.15, 0.2) is 24.3 Å². The van der Waals surface area contributed by atoms with E-state index in [2.05, 4.69) is 4.74 Å². The number of alkyl halides is 3. The number of halogens is 4. The molecule has 0 saturated carbocycles. The number of benzene rings is 1.